The summed E-state index contributed by atoms with van der Waals surface area (Å²) in [4.78, 5) is 2.44. The van der Waals surface area contributed by atoms with Gasteiger partial charge in [0.05, 0.1) is 5.69 Å². The van der Waals surface area contributed by atoms with Crippen molar-refractivity contribution in [2.75, 3.05) is 13.1 Å². The number of likely N-dealkylation sites (tertiary alicyclic amines) is 1. The second kappa shape index (κ2) is 4.77. The molecule has 0 amide bonds. The zero-order valence-corrected chi connectivity index (χ0v) is 9.39. The molecule has 1 fully saturated rings. The van der Waals surface area contributed by atoms with Crippen LogP contribution in [-0.2, 0) is 13.1 Å². The van der Waals surface area contributed by atoms with E-state index in [2.05, 4.69) is 23.0 Å². The van der Waals surface area contributed by atoms with Gasteiger partial charge in [0.2, 0.25) is 0 Å². The molecule has 0 bridgehead atoms. The van der Waals surface area contributed by atoms with Crippen LogP contribution in [0.4, 0.5) is 0 Å². The number of aryl methyl sites for hydroxylation is 1. The molecule has 4 heteroatoms. The molecule has 0 aliphatic carbocycles. The predicted octanol–water partition coefficient (Wildman–Crippen LogP) is 0.826. The summed E-state index contributed by atoms with van der Waals surface area (Å²) in [6.45, 7) is 6.25. The SMILES string of the molecule is CCn1ccc(CN2CCC(N)CC2)n1. The molecule has 1 aliphatic rings. The predicted molar refractivity (Wildman–Crippen MR) is 60.4 cm³/mol. The second-order valence-electron chi connectivity index (χ2n) is 4.28. The lowest BCUT2D eigenvalue weighted by Gasteiger charge is -2.29. The number of piperidine rings is 1. The van der Waals surface area contributed by atoms with Gasteiger partial charge in [-0.25, -0.2) is 0 Å². The number of rotatable bonds is 3. The Bertz CT molecular complexity index is 299. The third kappa shape index (κ3) is 2.79. The fourth-order valence-corrected chi connectivity index (χ4v) is 2.00. The molecule has 1 aromatic rings. The van der Waals surface area contributed by atoms with E-state index in [4.69, 9.17) is 5.73 Å². The van der Waals surface area contributed by atoms with Crippen molar-refractivity contribution in [2.24, 2.45) is 5.73 Å². The first-order valence-electron chi connectivity index (χ1n) is 5.78. The minimum absolute atomic E-state index is 0.412. The zero-order valence-electron chi connectivity index (χ0n) is 9.39. The van der Waals surface area contributed by atoms with Crippen molar-refractivity contribution in [1.82, 2.24) is 14.7 Å². The molecule has 0 saturated carbocycles. The molecule has 0 atom stereocenters. The molecule has 2 heterocycles. The highest BCUT2D eigenvalue weighted by atomic mass is 15.3. The number of nitrogens with zero attached hydrogens (tertiary/aromatic N) is 3. The van der Waals surface area contributed by atoms with E-state index in [0.29, 0.717) is 6.04 Å². The van der Waals surface area contributed by atoms with E-state index in [1.165, 1.54) is 5.69 Å². The van der Waals surface area contributed by atoms with Crippen LogP contribution in [0, 0.1) is 0 Å². The average molecular weight is 208 g/mol. The van der Waals surface area contributed by atoms with E-state index < -0.39 is 0 Å². The van der Waals surface area contributed by atoms with Crippen molar-refractivity contribution in [3.8, 4) is 0 Å². The van der Waals surface area contributed by atoms with Gasteiger partial charge in [0, 0.05) is 38.4 Å². The van der Waals surface area contributed by atoms with Crippen LogP contribution in [-0.4, -0.2) is 33.8 Å². The van der Waals surface area contributed by atoms with Crippen molar-refractivity contribution >= 4 is 0 Å². The maximum absolute atomic E-state index is 5.87. The summed E-state index contributed by atoms with van der Waals surface area (Å²) in [7, 11) is 0. The van der Waals surface area contributed by atoms with Gasteiger partial charge >= 0.3 is 0 Å². The van der Waals surface area contributed by atoms with Crippen molar-refractivity contribution in [3.63, 3.8) is 0 Å². The highest BCUT2D eigenvalue weighted by Gasteiger charge is 2.16. The van der Waals surface area contributed by atoms with Crippen LogP contribution in [0.5, 0.6) is 0 Å². The summed E-state index contributed by atoms with van der Waals surface area (Å²) in [5, 5.41) is 4.49. The molecule has 0 aromatic carbocycles. The van der Waals surface area contributed by atoms with Crippen LogP contribution in [0.3, 0.4) is 0 Å². The second-order valence-corrected chi connectivity index (χ2v) is 4.28. The molecule has 2 rings (SSSR count). The van der Waals surface area contributed by atoms with Gasteiger partial charge in [-0.15, -0.1) is 0 Å². The van der Waals surface area contributed by atoms with Crippen LogP contribution < -0.4 is 5.73 Å². The fourth-order valence-electron chi connectivity index (χ4n) is 2.00. The highest BCUT2D eigenvalue weighted by molar-refractivity contribution is 4.99. The van der Waals surface area contributed by atoms with Crippen LogP contribution in [0.1, 0.15) is 25.5 Å². The lowest BCUT2D eigenvalue weighted by Crippen LogP contribution is -2.39. The Morgan fingerprint density at radius 1 is 1.47 bits per heavy atom. The summed E-state index contributed by atoms with van der Waals surface area (Å²) in [5.74, 6) is 0. The summed E-state index contributed by atoms with van der Waals surface area (Å²) >= 11 is 0. The maximum atomic E-state index is 5.87. The molecule has 2 N–H and O–H groups in total. The minimum atomic E-state index is 0.412. The Labute approximate surface area is 91.1 Å². The summed E-state index contributed by atoms with van der Waals surface area (Å²) < 4.78 is 1.98. The third-order valence-electron chi connectivity index (χ3n) is 3.04. The van der Waals surface area contributed by atoms with Crippen molar-refractivity contribution in [2.45, 2.75) is 38.9 Å². The molecule has 1 aliphatic heterocycles. The van der Waals surface area contributed by atoms with E-state index in [9.17, 15) is 0 Å². The Hall–Kier alpha value is -0.870. The average Bonchev–Trinajstić information content (AvgIpc) is 2.69. The molecule has 0 radical (unpaired) electrons. The van der Waals surface area contributed by atoms with Gasteiger partial charge in [-0.3, -0.25) is 9.58 Å². The van der Waals surface area contributed by atoms with Gasteiger partial charge < -0.3 is 5.73 Å². The number of hydrogen-bond acceptors (Lipinski definition) is 3. The van der Waals surface area contributed by atoms with Crippen molar-refractivity contribution < 1.29 is 0 Å². The van der Waals surface area contributed by atoms with Crippen LogP contribution in [0.15, 0.2) is 12.3 Å². The van der Waals surface area contributed by atoms with Gasteiger partial charge in [0.1, 0.15) is 0 Å². The zero-order chi connectivity index (χ0) is 10.7. The molecule has 4 nitrogen and oxygen atoms in total. The van der Waals surface area contributed by atoms with E-state index >= 15 is 0 Å². The summed E-state index contributed by atoms with van der Waals surface area (Å²) in [6.07, 6.45) is 4.29. The van der Waals surface area contributed by atoms with Crippen LogP contribution in [0.25, 0.3) is 0 Å². The van der Waals surface area contributed by atoms with Crippen LogP contribution in [0.2, 0.25) is 0 Å². The smallest absolute Gasteiger partial charge is 0.0764 e. The molecule has 15 heavy (non-hydrogen) atoms. The Morgan fingerprint density at radius 3 is 2.80 bits per heavy atom. The topological polar surface area (TPSA) is 47.1 Å². The van der Waals surface area contributed by atoms with Gasteiger partial charge in [0.25, 0.3) is 0 Å². The quantitative estimate of drug-likeness (QED) is 0.800. The lowest BCUT2D eigenvalue weighted by molar-refractivity contribution is 0.203. The Kier molecular flexibility index (Phi) is 3.38. The third-order valence-corrected chi connectivity index (χ3v) is 3.04. The molecular weight excluding hydrogens is 188 g/mol. The molecule has 0 unspecified atom stereocenters. The first-order valence-corrected chi connectivity index (χ1v) is 5.78. The van der Waals surface area contributed by atoms with E-state index in [1.807, 2.05) is 10.9 Å². The number of aromatic nitrogens is 2. The number of hydrogen-bond donors (Lipinski definition) is 1. The lowest BCUT2D eigenvalue weighted by atomic mass is 10.1. The summed E-state index contributed by atoms with van der Waals surface area (Å²) in [6, 6.07) is 2.52. The number of nitrogens with two attached hydrogens (primary N) is 1. The van der Waals surface area contributed by atoms with E-state index in [1.54, 1.807) is 0 Å². The highest BCUT2D eigenvalue weighted by Crippen LogP contribution is 2.11. The molecule has 0 spiro atoms. The first kappa shape index (κ1) is 10.6. The van der Waals surface area contributed by atoms with Gasteiger partial charge in [-0.1, -0.05) is 0 Å². The first-order chi connectivity index (χ1) is 7.28. The largest absolute Gasteiger partial charge is 0.328 e. The minimum Gasteiger partial charge on any atom is -0.328 e. The van der Waals surface area contributed by atoms with E-state index in [-0.39, 0.29) is 0 Å². The van der Waals surface area contributed by atoms with Crippen molar-refractivity contribution in [3.05, 3.63) is 18.0 Å². The van der Waals surface area contributed by atoms with Gasteiger partial charge in [0.15, 0.2) is 0 Å². The molecule has 1 aromatic heterocycles. The summed E-state index contributed by atoms with van der Waals surface area (Å²) in [5.41, 5.74) is 7.04. The van der Waals surface area contributed by atoms with Crippen molar-refractivity contribution in [1.29, 1.82) is 0 Å². The monoisotopic (exact) mass is 208 g/mol. The standard InChI is InChI=1S/C11H20N4/c1-2-15-8-5-11(13-15)9-14-6-3-10(12)4-7-14/h5,8,10H,2-4,6-7,9,12H2,1H3. The molecule has 1 saturated heterocycles. The maximum Gasteiger partial charge on any atom is 0.0764 e. The Morgan fingerprint density at radius 2 is 2.20 bits per heavy atom. The Balaban J connectivity index is 1.86. The van der Waals surface area contributed by atoms with E-state index in [0.717, 1.165) is 39.0 Å². The molecule has 84 valence electrons. The molecular formula is C11H20N4. The van der Waals surface area contributed by atoms with Gasteiger partial charge in [-0.2, -0.15) is 5.10 Å². The van der Waals surface area contributed by atoms with Gasteiger partial charge in [-0.05, 0) is 25.8 Å². The van der Waals surface area contributed by atoms with Crippen LogP contribution >= 0.6 is 0 Å². The fraction of sp³-hybridized carbons (Fsp3) is 0.727. The normalized spacial score (nSPS) is 19.6.